The van der Waals surface area contributed by atoms with Gasteiger partial charge in [0, 0.05) is 24.3 Å². The van der Waals surface area contributed by atoms with Gasteiger partial charge in [-0.25, -0.2) is 4.79 Å². The standard InChI is InChI=1S/C15H9BrO2S2/c16-10-6-2-4-8-12(10)20-13-9-5-1-3-7-11(9)19-14(13)15(17)18/h1-8H,(H,17,18). The molecule has 0 radical (unpaired) electrons. The van der Waals surface area contributed by atoms with Crippen molar-refractivity contribution in [2.75, 3.05) is 0 Å². The Morgan fingerprint density at radius 1 is 1.10 bits per heavy atom. The molecular weight excluding hydrogens is 356 g/mol. The molecule has 0 unspecified atom stereocenters. The number of benzene rings is 2. The van der Waals surface area contributed by atoms with Crippen LogP contribution in [0.15, 0.2) is 62.8 Å². The highest BCUT2D eigenvalue weighted by Gasteiger charge is 2.19. The number of carboxylic acid groups (broad SMARTS) is 1. The van der Waals surface area contributed by atoms with Crippen molar-refractivity contribution >= 4 is 55.1 Å². The second-order valence-corrected chi connectivity index (χ2v) is 7.05. The first-order valence-electron chi connectivity index (χ1n) is 5.84. The van der Waals surface area contributed by atoms with Crippen molar-refractivity contribution in [3.63, 3.8) is 0 Å². The number of carbonyl (C=O) groups is 1. The van der Waals surface area contributed by atoms with Gasteiger partial charge in [0.1, 0.15) is 4.88 Å². The zero-order chi connectivity index (χ0) is 14.1. The molecule has 20 heavy (non-hydrogen) atoms. The molecule has 0 saturated carbocycles. The lowest BCUT2D eigenvalue weighted by Crippen LogP contribution is -1.93. The van der Waals surface area contributed by atoms with E-state index in [1.807, 2.05) is 48.5 Å². The molecule has 1 N–H and O–H groups in total. The number of halogens is 1. The molecule has 0 fully saturated rings. The number of hydrogen-bond donors (Lipinski definition) is 1. The van der Waals surface area contributed by atoms with Crippen LogP contribution in [0.2, 0.25) is 0 Å². The van der Waals surface area contributed by atoms with E-state index in [0.717, 1.165) is 24.3 Å². The number of carboxylic acids is 1. The summed E-state index contributed by atoms with van der Waals surface area (Å²) in [5.41, 5.74) is 0. The van der Waals surface area contributed by atoms with Gasteiger partial charge in [-0.1, -0.05) is 42.1 Å². The van der Waals surface area contributed by atoms with E-state index in [9.17, 15) is 9.90 Å². The normalized spacial score (nSPS) is 10.8. The summed E-state index contributed by atoms with van der Waals surface area (Å²) in [7, 11) is 0. The lowest BCUT2D eigenvalue weighted by Gasteiger charge is -2.04. The van der Waals surface area contributed by atoms with Crippen LogP contribution in [0.3, 0.4) is 0 Å². The Bertz CT molecular complexity index is 795. The second kappa shape index (κ2) is 5.60. The van der Waals surface area contributed by atoms with Crippen molar-refractivity contribution in [3.8, 4) is 0 Å². The van der Waals surface area contributed by atoms with Gasteiger partial charge in [-0.15, -0.1) is 11.3 Å². The van der Waals surface area contributed by atoms with E-state index >= 15 is 0 Å². The predicted octanol–water partition coefficient (Wildman–Crippen LogP) is 5.51. The fraction of sp³-hybridized carbons (Fsp3) is 0. The first kappa shape index (κ1) is 13.7. The van der Waals surface area contributed by atoms with Gasteiger partial charge in [0.15, 0.2) is 0 Å². The monoisotopic (exact) mass is 364 g/mol. The van der Waals surface area contributed by atoms with Crippen LogP contribution in [0.5, 0.6) is 0 Å². The summed E-state index contributed by atoms with van der Waals surface area (Å²) in [5.74, 6) is -0.874. The van der Waals surface area contributed by atoms with E-state index in [0.29, 0.717) is 4.88 Å². The van der Waals surface area contributed by atoms with E-state index in [1.54, 1.807) is 0 Å². The summed E-state index contributed by atoms with van der Waals surface area (Å²) < 4.78 is 1.97. The van der Waals surface area contributed by atoms with Crippen molar-refractivity contribution < 1.29 is 9.90 Å². The van der Waals surface area contributed by atoms with Crippen LogP contribution < -0.4 is 0 Å². The van der Waals surface area contributed by atoms with Gasteiger partial charge >= 0.3 is 5.97 Å². The first-order valence-corrected chi connectivity index (χ1v) is 8.26. The highest BCUT2D eigenvalue weighted by Crippen LogP contribution is 2.43. The molecule has 0 saturated heterocycles. The smallest absolute Gasteiger partial charge is 0.347 e. The van der Waals surface area contributed by atoms with E-state index in [-0.39, 0.29) is 0 Å². The van der Waals surface area contributed by atoms with Crippen LogP contribution in [-0.4, -0.2) is 11.1 Å². The van der Waals surface area contributed by atoms with Gasteiger partial charge in [-0.05, 0) is 34.1 Å². The van der Waals surface area contributed by atoms with Crippen molar-refractivity contribution in [1.29, 1.82) is 0 Å². The van der Waals surface area contributed by atoms with E-state index in [2.05, 4.69) is 15.9 Å². The molecule has 0 aliphatic carbocycles. The van der Waals surface area contributed by atoms with E-state index in [4.69, 9.17) is 0 Å². The van der Waals surface area contributed by atoms with Crippen LogP contribution >= 0.6 is 39.0 Å². The van der Waals surface area contributed by atoms with Crippen molar-refractivity contribution in [1.82, 2.24) is 0 Å². The zero-order valence-electron chi connectivity index (χ0n) is 10.2. The van der Waals surface area contributed by atoms with Crippen LogP contribution in [0.4, 0.5) is 0 Å². The summed E-state index contributed by atoms with van der Waals surface area (Å²) in [5, 5.41) is 10.4. The van der Waals surface area contributed by atoms with Crippen molar-refractivity contribution in [2.24, 2.45) is 0 Å². The maximum atomic E-state index is 11.5. The third-order valence-corrected chi connectivity index (χ3v) is 6.24. The largest absolute Gasteiger partial charge is 0.477 e. The van der Waals surface area contributed by atoms with Gasteiger partial charge in [0.05, 0.1) is 0 Å². The Hall–Kier alpha value is -1.30. The Morgan fingerprint density at radius 2 is 1.80 bits per heavy atom. The fourth-order valence-corrected chi connectivity index (χ4v) is 4.68. The Kier molecular flexibility index (Phi) is 3.83. The average molecular weight is 365 g/mol. The molecule has 100 valence electrons. The van der Waals surface area contributed by atoms with Crippen LogP contribution in [0, 0.1) is 0 Å². The van der Waals surface area contributed by atoms with Gasteiger partial charge < -0.3 is 5.11 Å². The molecule has 0 spiro atoms. The number of fused-ring (bicyclic) bond motifs is 1. The average Bonchev–Trinajstić information content (AvgIpc) is 2.81. The first-order chi connectivity index (χ1) is 9.66. The second-order valence-electron chi connectivity index (χ2n) is 4.09. The number of hydrogen-bond acceptors (Lipinski definition) is 3. The van der Waals surface area contributed by atoms with Crippen LogP contribution in [0.1, 0.15) is 9.67 Å². The minimum absolute atomic E-state index is 0.395. The van der Waals surface area contributed by atoms with Gasteiger partial charge in [0.25, 0.3) is 0 Å². The maximum Gasteiger partial charge on any atom is 0.347 e. The number of thiophene rings is 1. The Morgan fingerprint density at radius 3 is 2.55 bits per heavy atom. The molecule has 2 nitrogen and oxygen atoms in total. The molecule has 1 aromatic heterocycles. The molecule has 0 aliphatic rings. The SMILES string of the molecule is O=C(O)c1sc2ccccc2c1Sc1ccccc1Br. The molecule has 0 aliphatic heterocycles. The summed E-state index contributed by atoms with van der Waals surface area (Å²) in [6.07, 6.45) is 0. The summed E-state index contributed by atoms with van der Waals surface area (Å²) in [6.45, 7) is 0. The predicted molar refractivity (Wildman–Crippen MR) is 87.0 cm³/mol. The van der Waals surface area contributed by atoms with Gasteiger partial charge in [-0.3, -0.25) is 0 Å². The third kappa shape index (κ3) is 2.49. The molecule has 3 aromatic rings. The minimum Gasteiger partial charge on any atom is -0.477 e. The van der Waals surface area contributed by atoms with Crippen molar-refractivity contribution in [2.45, 2.75) is 9.79 Å². The Labute approximate surface area is 132 Å². The van der Waals surface area contributed by atoms with Crippen molar-refractivity contribution in [3.05, 3.63) is 57.9 Å². The number of rotatable bonds is 3. The van der Waals surface area contributed by atoms with Crippen LogP contribution in [0.25, 0.3) is 10.1 Å². The maximum absolute atomic E-state index is 11.5. The molecule has 2 aromatic carbocycles. The molecule has 5 heteroatoms. The molecule has 0 atom stereocenters. The highest BCUT2D eigenvalue weighted by atomic mass is 79.9. The topological polar surface area (TPSA) is 37.3 Å². The Balaban J connectivity index is 2.17. The van der Waals surface area contributed by atoms with E-state index in [1.165, 1.54) is 23.1 Å². The minimum atomic E-state index is -0.874. The van der Waals surface area contributed by atoms with E-state index < -0.39 is 5.97 Å². The lowest BCUT2D eigenvalue weighted by molar-refractivity contribution is 0.0699. The van der Waals surface area contributed by atoms with Gasteiger partial charge in [-0.2, -0.15) is 0 Å². The third-order valence-electron chi connectivity index (χ3n) is 2.79. The molecule has 1 heterocycles. The van der Waals surface area contributed by atoms with Crippen LogP contribution in [-0.2, 0) is 0 Å². The quantitative estimate of drug-likeness (QED) is 0.665. The molecule has 0 amide bonds. The summed E-state index contributed by atoms with van der Waals surface area (Å²) in [4.78, 5) is 13.7. The lowest BCUT2D eigenvalue weighted by atomic mass is 10.2. The summed E-state index contributed by atoms with van der Waals surface area (Å²) >= 11 is 6.31. The molecule has 3 rings (SSSR count). The fourth-order valence-electron chi connectivity index (χ4n) is 1.90. The molecule has 0 bridgehead atoms. The zero-order valence-corrected chi connectivity index (χ0v) is 13.4. The summed E-state index contributed by atoms with van der Waals surface area (Å²) in [6, 6.07) is 15.6. The van der Waals surface area contributed by atoms with Gasteiger partial charge in [0.2, 0.25) is 0 Å². The molecular formula is C15H9BrO2S2. The highest BCUT2D eigenvalue weighted by molar-refractivity contribution is 9.10. The number of aromatic carboxylic acids is 1.